The molecule has 1 fully saturated rings. The second-order valence-electron chi connectivity index (χ2n) is 7.61. The van der Waals surface area contributed by atoms with E-state index in [0.29, 0.717) is 0 Å². The fraction of sp³-hybridized carbons (Fsp3) is 0.455. The topological polar surface area (TPSA) is 28.5 Å². The van der Waals surface area contributed by atoms with Crippen molar-refractivity contribution in [1.82, 2.24) is 9.88 Å². The lowest BCUT2D eigenvalue weighted by molar-refractivity contribution is 0.473. The van der Waals surface area contributed by atoms with Crippen LogP contribution in [0.15, 0.2) is 52.6 Å². The molecule has 1 aromatic carbocycles. The number of pyridine rings is 1. The van der Waals surface area contributed by atoms with Gasteiger partial charge < -0.3 is 4.90 Å². The molecule has 4 atom stereocenters. The minimum absolute atomic E-state index is 0.160. The van der Waals surface area contributed by atoms with E-state index in [1.165, 1.54) is 36.0 Å². The monoisotopic (exact) mass is 365 g/mol. The minimum Gasteiger partial charge on any atom is -0.351 e. The van der Waals surface area contributed by atoms with Crippen molar-refractivity contribution in [3.8, 4) is 0 Å². The van der Waals surface area contributed by atoms with Crippen molar-refractivity contribution in [1.29, 1.82) is 0 Å². The summed E-state index contributed by atoms with van der Waals surface area (Å²) in [4.78, 5) is 11.5. The molecule has 4 rings (SSSR count). The van der Waals surface area contributed by atoms with E-state index >= 15 is 0 Å². The van der Waals surface area contributed by atoms with E-state index in [0.717, 1.165) is 16.9 Å². The van der Waals surface area contributed by atoms with Crippen LogP contribution in [0.4, 0.5) is 0 Å². The SMILES string of the molecule is CCCC1C[C@@H]1c1ccc(C2N=CN(C)C2Sc2ccc(C)cn2)cc1. The van der Waals surface area contributed by atoms with Crippen molar-refractivity contribution < 1.29 is 0 Å². The van der Waals surface area contributed by atoms with Crippen LogP contribution in [-0.4, -0.2) is 28.6 Å². The van der Waals surface area contributed by atoms with Gasteiger partial charge in [0.2, 0.25) is 0 Å². The first-order valence-corrected chi connectivity index (χ1v) is 10.5. The van der Waals surface area contributed by atoms with Crippen LogP contribution >= 0.6 is 11.8 Å². The van der Waals surface area contributed by atoms with Gasteiger partial charge in [-0.15, -0.1) is 0 Å². The van der Waals surface area contributed by atoms with Gasteiger partial charge in [-0.05, 0) is 47.9 Å². The van der Waals surface area contributed by atoms with Gasteiger partial charge in [-0.1, -0.05) is 61.9 Å². The summed E-state index contributed by atoms with van der Waals surface area (Å²) in [7, 11) is 2.10. The van der Waals surface area contributed by atoms with Gasteiger partial charge in [0.1, 0.15) is 11.4 Å². The summed E-state index contributed by atoms with van der Waals surface area (Å²) < 4.78 is 0. The van der Waals surface area contributed by atoms with E-state index in [1.807, 2.05) is 12.5 Å². The molecule has 1 aliphatic heterocycles. The number of hydrogen-bond acceptors (Lipinski definition) is 4. The highest BCUT2D eigenvalue weighted by molar-refractivity contribution is 7.99. The Morgan fingerprint density at radius 1 is 1.12 bits per heavy atom. The van der Waals surface area contributed by atoms with Gasteiger partial charge >= 0.3 is 0 Å². The predicted octanol–water partition coefficient (Wildman–Crippen LogP) is 5.43. The third kappa shape index (κ3) is 3.66. The normalized spacial score (nSPS) is 27.1. The molecular formula is C22H27N3S. The Morgan fingerprint density at radius 3 is 2.58 bits per heavy atom. The van der Waals surface area contributed by atoms with Crippen LogP contribution in [0.3, 0.4) is 0 Å². The first kappa shape index (κ1) is 17.6. The standard InChI is InChI=1S/C22H27N3S/c1-4-5-18-12-19(18)16-7-9-17(10-8-16)21-22(25(3)14-24-21)26-20-11-6-15(2)13-23-20/h6-11,13-14,18-19,21-22H,4-5,12H2,1-3H3/t18?,19-,21?,22?/m1/s1. The Labute approximate surface area is 160 Å². The summed E-state index contributed by atoms with van der Waals surface area (Å²) in [6.45, 7) is 4.36. The first-order chi connectivity index (χ1) is 12.7. The Balaban J connectivity index is 1.47. The lowest BCUT2D eigenvalue weighted by atomic mass is 10.0. The molecule has 1 aromatic heterocycles. The van der Waals surface area contributed by atoms with Crippen molar-refractivity contribution in [3.63, 3.8) is 0 Å². The van der Waals surface area contributed by atoms with Crippen molar-refractivity contribution in [3.05, 3.63) is 59.3 Å². The highest BCUT2D eigenvalue weighted by Gasteiger charge is 2.37. The number of aliphatic imine (C=N–C) groups is 1. The smallest absolute Gasteiger partial charge is 0.108 e. The molecule has 2 aromatic rings. The molecule has 1 saturated carbocycles. The summed E-state index contributed by atoms with van der Waals surface area (Å²) >= 11 is 1.79. The van der Waals surface area contributed by atoms with Crippen LogP contribution < -0.4 is 0 Å². The van der Waals surface area contributed by atoms with Crippen molar-refractivity contribution in [2.75, 3.05) is 7.05 Å². The average Bonchev–Trinajstić information content (AvgIpc) is 3.33. The Morgan fingerprint density at radius 2 is 1.88 bits per heavy atom. The molecule has 26 heavy (non-hydrogen) atoms. The summed E-state index contributed by atoms with van der Waals surface area (Å²) in [6.07, 6.45) is 7.93. The van der Waals surface area contributed by atoms with Crippen LogP contribution in [0.2, 0.25) is 0 Å². The zero-order valence-corrected chi connectivity index (χ0v) is 16.6. The van der Waals surface area contributed by atoms with E-state index < -0.39 is 0 Å². The van der Waals surface area contributed by atoms with E-state index in [-0.39, 0.29) is 11.4 Å². The Kier molecular flexibility index (Phi) is 5.03. The van der Waals surface area contributed by atoms with E-state index in [1.54, 1.807) is 11.8 Å². The second-order valence-corrected chi connectivity index (χ2v) is 8.75. The van der Waals surface area contributed by atoms with Crippen LogP contribution in [0, 0.1) is 12.8 Å². The average molecular weight is 366 g/mol. The molecule has 136 valence electrons. The van der Waals surface area contributed by atoms with Crippen molar-refractivity contribution in [2.45, 2.75) is 55.5 Å². The van der Waals surface area contributed by atoms with Crippen LogP contribution in [0.1, 0.15) is 54.8 Å². The molecule has 0 bridgehead atoms. The summed E-state index contributed by atoms with van der Waals surface area (Å²) in [6, 6.07) is 13.6. The molecule has 3 unspecified atom stereocenters. The maximum absolute atomic E-state index is 4.77. The molecule has 3 nitrogen and oxygen atoms in total. The van der Waals surface area contributed by atoms with Crippen LogP contribution in [0.5, 0.6) is 0 Å². The number of aryl methyl sites for hydroxylation is 1. The maximum atomic E-state index is 4.77. The van der Waals surface area contributed by atoms with E-state index in [9.17, 15) is 0 Å². The Bertz CT molecular complexity index is 769. The maximum Gasteiger partial charge on any atom is 0.108 e. The third-order valence-corrected chi connectivity index (χ3v) is 6.81. The summed E-state index contributed by atoms with van der Waals surface area (Å²) in [5.41, 5.74) is 4.00. The quantitative estimate of drug-likeness (QED) is 0.683. The third-order valence-electron chi connectivity index (χ3n) is 5.49. The van der Waals surface area contributed by atoms with Gasteiger partial charge in [0.25, 0.3) is 0 Å². The van der Waals surface area contributed by atoms with E-state index in [2.05, 4.69) is 67.2 Å². The predicted molar refractivity (Wildman–Crippen MR) is 110 cm³/mol. The van der Waals surface area contributed by atoms with E-state index in [4.69, 9.17) is 4.99 Å². The molecule has 0 radical (unpaired) electrons. The van der Waals surface area contributed by atoms with Gasteiger partial charge in [0, 0.05) is 13.2 Å². The molecule has 0 saturated heterocycles. The van der Waals surface area contributed by atoms with Gasteiger partial charge in [-0.2, -0.15) is 0 Å². The van der Waals surface area contributed by atoms with Crippen molar-refractivity contribution >= 4 is 18.1 Å². The first-order valence-electron chi connectivity index (χ1n) is 9.60. The van der Waals surface area contributed by atoms with Gasteiger partial charge in [0.05, 0.1) is 11.4 Å². The fourth-order valence-corrected chi connectivity index (χ4v) is 4.96. The molecule has 2 aliphatic rings. The lowest BCUT2D eigenvalue weighted by Crippen LogP contribution is -2.26. The Hall–Kier alpha value is -1.81. The molecule has 4 heteroatoms. The van der Waals surface area contributed by atoms with Crippen LogP contribution in [-0.2, 0) is 0 Å². The zero-order chi connectivity index (χ0) is 18.1. The lowest BCUT2D eigenvalue weighted by Gasteiger charge is -2.24. The number of benzene rings is 1. The summed E-state index contributed by atoms with van der Waals surface area (Å²) in [5.74, 6) is 1.71. The number of likely N-dealkylation sites (N-methyl/N-ethyl adjacent to an activating group) is 1. The second kappa shape index (κ2) is 7.43. The number of rotatable bonds is 6. The minimum atomic E-state index is 0.160. The summed E-state index contributed by atoms with van der Waals surface area (Å²) in [5, 5.41) is 1.31. The highest BCUT2D eigenvalue weighted by atomic mass is 32.2. The molecule has 0 spiro atoms. The molecule has 1 aliphatic carbocycles. The van der Waals surface area contributed by atoms with Crippen LogP contribution in [0.25, 0.3) is 0 Å². The number of hydrogen-bond donors (Lipinski definition) is 0. The number of aromatic nitrogens is 1. The van der Waals surface area contributed by atoms with Crippen molar-refractivity contribution in [2.24, 2.45) is 10.9 Å². The highest BCUT2D eigenvalue weighted by Crippen LogP contribution is 2.50. The number of thioether (sulfide) groups is 1. The van der Waals surface area contributed by atoms with Gasteiger partial charge in [0.15, 0.2) is 0 Å². The molecular weight excluding hydrogens is 338 g/mol. The number of nitrogens with zero attached hydrogens (tertiary/aromatic N) is 3. The molecule has 0 amide bonds. The molecule has 2 heterocycles. The largest absolute Gasteiger partial charge is 0.351 e. The molecule has 0 N–H and O–H groups in total. The van der Waals surface area contributed by atoms with Gasteiger partial charge in [-0.25, -0.2) is 4.98 Å². The fourth-order valence-electron chi connectivity index (χ4n) is 3.87. The zero-order valence-electron chi connectivity index (χ0n) is 15.8. The van der Waals surface area contributed by atoms with Gasteiger partial charge in [-0.3, -0.25) is 4.99 Å².